The summed E-state index contributed by atoms with van der Waals surface area (Å²) in [5.41, 5.74) is 0.496. The van der Waals surface area contributed by atoms with Crippen molar-refractivity contribution in [2.75, 3.05) is 25.5 Å². The lowest BCUT2D eigenvalue weighted by molar-refractivity contribution is -0.120. The highest BCUT2D eigenvalue weighted by atomic mass is 16.5. The van der Waals surface area contributed by atoms with Crippen LogP contribution in [0.1, 0.15) is 17.3 Å². The lowest BCUT2D eigenvalue weighted by Gasteiger charge is -2.16. The minimum Gasteiger partial charge on any atom is -0.495 e. The van der Waals surface area contributed by atoms with E-state index in [0.29, 0.717) is 18.0 Å². The molecule has 0 aromatic heterocycles. The highest BCUT2D eigenvalue weighted by molar-refractivity contribution is 5.97. The van der Waals surface area contributed by atoms with Gasteiger partial charge in [0.15, 0.2) is 0 Å². The Hall–Kier alpha value is -2.08. The molecule has 1 aliphatic heterocycles. The second-order valence-corrected chi connectivity index (χ2v) is 4.95. The molecule has 6 nitrogen and oxygen atoms in total. The molecule has 0 bridgehead atoms. The zero-order chi connectivity index (χ0) is 14.7. The molecule has 1 heterocycles. The van der Waals surface area contributed by atoms with Gasteiger partial charge in [0, 0.05) is 6.54 Å². The number of benzene rings is 1. The highest BCUT2D eigenvalue weighted by Crippen LogP contribution is 2.27. The predicted octanol–water partition coefficient (Wildman–Crippen LogP) is 1.19. The number of carbonyl (C=O) groups is 2. The summed E-state index contributed by atoms with van der Waals surface area (Å²) in [5.74, 6) is -0.582. The molecule has 1 fully saturated rings. The van der Waals surface area contributed by atoms with Crippen LogP contribution in [0.2, 0.25) is 0 Å². The van der Waals surface area contributed by atoms with Crippen LogP contribution in [0.3, 0.4) is 0 Å². The third kappa shape index (κ3) is 2.91. The van der Waals surface area contributed by atoms with Crippen LogP contribution in [0.25, 0.3) is 0 Å². The number of carboxylic acid groups (broad SMARTS) is 1. The summed E-state index contributed by atoms with van der Waals surface area (Å²) < 4.78 is 5.15. The van der Waals surface area contributed by atoms with Gasteiger partial charge in [-0.25, -0.2) is 4.79 Å². The minimum atomic E-state index is -1.04. The quantitative estimate of drug-likeness (QED) is 0.770. The van der Waals surface area contributed by atoms with Crippen LogP contribution >= 0.6 is 0 Å². The van der Waals surface area contributed by atoms with Crippen molar-refractivity contribution in [2.24, 2.45) is 11.8 Å². The van der Waals surface area contributed by atoms with E-state index >= 15 is 0 Å². The smallest absolute Gasteiger partial charge is 0.335 e. The Morgan fingerprint density at radius 3 is 2.70 bits per heavy atom. The molecule has 1 saturated heterocycles. The van der Waals surface area contributed by atoms with E-state index in [1.165, 1.54) is 25.3 Å². The predicted molar refractivity (Wildman–Crippen MR) is 74.1 cm³/mol. The number of carbonyl (C=O) groups excluding carboxylic acids is 1. The number of carboxylic acids is 1. The van der Waals surface area contributed by atoms with Crippen molar-refractivity contribution in [3.63, 3.8) is 0 Å². The second-order valence-electron chi connectivity index (χ2n) is 4.95. The van der Waals surface area contributed by atoms with Gasteiger partial charge in [-0.15, -0.1) is 0 Å². The summed E-state index contributed by atoms with van der Waals surface area (Å²) >= 11 is 0. The third-order valence-corrected chi connectivity index (χ3v) is 3.56. The van der Waals surface area contributed by atoms with E-state index in [1.807, 2.05) is 6.92 Å². The molecule has 6 heteroatoms. The minimum absolute atomic E-state index is 0.110. The van der Waals surface area contributed by atoms with E-state index in [4.69, 9.17) is 9.84 Å². The van der Waals surface area contributed by atoms with Crippen molar-refractivity contribution >= 4 is 17.6 Å². The van der Waals surface area contributed by atoms with Gasteiger partial charge < -0.3 is 20.5 Å². The standard InChI is InChI=1S/C14H18N2O4/c1-8-6-15-7-10(8)13(17)16-11-5-9(14(18)19)3-4-12(11)20-2/h3-5,8,10,15H,6-7H2,1-2H3,(H,16,17)(H,18,19)/t8-,10-/m1/s1. The van der Waals surface area contributed by atoms with Crippen LogP contribution in [-0.2, 0) is 4.79 Å². The number of aromatic carboxylic acids is 1. The maximum Gasteiger partial charge on any atom is 0.335 e. The molecule has 0 saturated carbocycles. The van der Waals surface area contributed by atoms with E-state index in [-0.39, 0.29) is 23.3 Å². The Kier molecular flexibility index (Phi) is 4.24. The number of ether oxygens (including phenoxy) is 1. The summed E-state index contributed by atoms with van der Waals surface area (Å²) in [7, 11) is 1.48. The molecule has 1 aromatic carbocycles. The molecular weight excluding hydrogens is 260 g/mol. The van der Waals surface area contributed by atoms with Gasteiger partial charge in [0.2, 0.25) is 5.91 Å². The Bertz CT molecular complexity index is 530. The fourth-order valence-corrected chi connectivity index (χ4v) is 2.33. The lowest BCUT2D eigenvalue weighted by atomic mass is 9.97. The first kappa shape index (κ1) is 14.3. The number of hydrogen-bond acceptors (Lipinski definition) is 4. The third-order valence-electron chi connectivity index (χ3n) is 3.56. The number of rotatable bonds is 4. The summed E-state index contributed by atoms with van der Waals surface area (Å²) in [6.07, 6.45) is 0. The van der Waals surface area contributed by atoms with Crippen LogP contribution in [0.5, 0.6) is 5.75 Å². The maximum atomic E-state index is 12.2. The lowest BCUT2D eigenvalue weighted by Crippen LogP contribution is -2.28. The zero-order valence-electron chi connectivity index (χ0n) is 11.5. The van der Waals surface area contributed by atoms with E-state index in [1.54, 1.807) is 0 Å². The average molecular weight is 278 g/mol. The number of methoxy groups -OCH3 is 1. The van der Waals surface area contributed by atoms with Gasteiger partial charge in [0.05, 0.1) is 24.3 Å². The van der Waals surface area contributed by atoms with E-state index in [2.05, 4.69) is 10.6 Å². The first-order valence-electron chi connectivity index (χ1n) is 6.46. The van der Waals surface area contributed by atoms with Crippen LogP contribution in [-0.4, -0.2) is 37.2 Å². The molecule has 108 valence electrons. The van der Waals surface area contributed by atoms with Gasteiger partial charge >= 0.3 is 5.97 Å². The summed E-state index contributed by atoms with van der Waals surface area (Å²) in [6, 6.07) is 4.39. The van der Waals surface area contributed by atoms with Crippen molar-refractivity contribution in [2.45, 2.75) is 6.92 Å². The molecule has 3 N–H and O–H groups in total. The number of amides is 1. The Labute approximate surface area is 117 Å². The molecule has 0 radical (unpaired) electrons. The van der Waals surface area contributed by atoms with Gasteiger partial charge in [-0.1, -0.05) is 6.92 Å². The molecule has 0 unspecified atom stereocenters. The summed E-state index contributed by atoms with van der Waals surface area (Å²) in [6.45, 7) is 3.45. The number of hydrogen-bond donors (Lipinski definition) is 3. The Morgan fingerprint density at radius 1 is 1.40 bits per heavy atom. The van der Waals surface area contributed by atoms with Crippen LogP contribution in [0.4, 0.5) is 5.69 Å². The Morgan fingerprint density at radius 2 is 2.15 bits per heavy atom. The molecular formula is C14H18N2O4. The molecule has 0 spiro atoms. The van der Waals surface area contributed by atoms with Gasteiger partial charge in [0.1, 0.15) is 5.75 Å². The zero-order valence-corrected chi connectivity index (χ0v) is 11.5. The van der Waals surface area contributed by atoms with E-state index in [9.17, 15) is 9.59 Å². The van der Waals surface area contributed by atoms with Crippen molar-refractivity contribution < 1.29 is 19.4 Å². The van der Waals surface area contributed by atoms with Gasteiger partial charge in [-0.3, -0.25) is 4.79 Å². The molecule has 0 aliphatic carbocycles. The van der Waals surface area contributed by atoms with Gasteiger partial charge in [-0.2, -0.15) is 0 Å². The molecule has 2 atom stereocenters. The first-order valence-corrected chi connectivity index (χ1v) is 6.46. The van der Waals surface area contributed by atoms with Gasteiger partial charge in [0.25, 0.3) is 0 Å². The molecule has 1 aliphatic rings. The fourth-order valence-electron chi connectivity index (χ4n) is 2.33. The molecule has 1 amide bonds. The van der Waals surface area contributed by atoms with E-state index < -0.39 is 5.97 Å². The molecule has 20 heavy (non-hydrogen) atoms. The monoisotopic (exact) mass is 278 g/mol. The SMILES string of the molecule is COc1ccc(C(=O)O)cc1NC(=O)[C@@H]1CNC[C@H]1C. The van der Waals surface area contributed by atoms with Crippen molar-refractivity contribution in [1.29, 1.82) is 0 Å². The first-order chi connectivity index (χ1) is 9.52. The molecule has 1 aromatic rings. The average Bonchev–Trinajstić information content (AvgIpc) is 2.84. The topological polar surface area (TPSA) is 87.7 Å². The van der Waals surface area contributed by atoms with Crippen molar-refractivity contribution in [3.05, 3.63) is 23.8 Å². The summed E-state index contributed by atoms with van der Waals surface area (Å²) in [5, 5.41) is 14.9. The normalized spacial score (nSPS) is 21.5. The van der Waals surface area contributed by atoms with Crippen LogP contribution in [0.15, 0.2) is 18.2 Å². The van der Waals surface area contributed by atoms with Crippen LogP contribution in [0, 0.1) is 11.8 Å². The molecule has 2 rings (SSSR count). The number of nitrogens with one attached hydrogen (secondary N) is 2. The van der Waals surface area contributed by atoms with Crippen molar-refractivity contribution in [1.82, 2.24) is 5.32 Å². The number of anilines is 1. The van der Waals surface area contributed by atoms with Gasteiger partial charge in [-0.05, 0) is 30.7 Å². The summed E-state index contributed by atoms with van der Waals surface area (Å²) in [4.78, 5) is 23.2. The fraction of sp³-hybridized carbons (Fsp3) is 0.429. The highest BCUT2D eigenvalue weighted by Gasteiger charge is 2.30. The van der Waals surface area contributed by atoms with Crippen molar-refractivity contribution in [3.8, 4) is 5.75 Å². The second kappa shape index (κ2) is 5.92. The maximum absolute atomic E-state index is 12.2. The largest absolute Gasteiger partial charge is 0.495 e. The Balaban J connectivity index is 2.20. The van der Waals surface area contributed by atoms with Crippen LogP contribution < -0.4 is 15.4 Å². The van der Waals surface area contributed by atoms with E-state index in [0.717, 1.165) is 6.54 Å².